The van der Waals surface area contributed by atoms with Crippen molar-refractivity contribution in [2.24, 2.45) is 5.10 Å². The van der Waals surface area contributed by atoms with E-state index in [0.717, 1.165) is 5.56 Å². The van der Waals surface area contributed by atoms with E-state index in [4.69, 9.17) is 21.1 Å². The van der Waals surface area contributed by atoms with Gasteiger partial charge < -0.3 is 9.47 Å². The first-order valence-corrected chi connectivity index (χ1v) is 10.8. The Labute approximate surface area is 203 Å². The third kappa shape index (κ3) is 5.88. The first-order chi connectivity index (χ1) is 15.8. The van der Waals surface area contributed by atoms with Gasteiger partial charge in [0.25, 0.3) is 11.6 Å². The molecule has 0 saturated carbocycles. The van der Waals surface area contributed by atoms with Crippen molar-refractivity contribution in [2.75, 3.05) is 7.11 Å². The molecule has 1 amide bonds. The molecule has 0 unspecified atom stereocenters. The molecule has 0 bridgehead atoms. The molecular formula is C23H19BrClN3O5. The third-order valence-corrected chi connectivity index (χ3v) is 5.67. The normalized spacial score (nSPS) is 10.8. The quantitative estimate of drug-likeness (QED) is 0.229. The van der Waals surface area contributed by atoms with E-state index in [9.17, 15) is 14.9 Å². The fraction of sp³-hybridized carbons (Fsp3) is 0.130. The van der Waals surface area contributed by atoms with Gasteiger partial charge in [0.05, 0.1) is 28.3 Å². The first kappa shape index (κ1) is 24.2. The van der Waals surface area contributed by atoms with Crippen LogP contribution in [0.5, 0.6) is 11.5 Å². The summed E-state index contributed by atoms with van der Waals surface area (Å²) < 4.78 is 12.0. The van der Waals surface area contributed by atoms with E-state index in [1.807, 2.05) is 18.2 Å². The number of halogens is 2. The maximum Gasteiger partial charge on any atom is 0.273 e. The Morgan fingerprint density at radius 2 is 2.00 bits per heavy atom. The van der Waals surface area contributed by atoms with Crippen molar-refractivity contribution >= 4 is 45.3 Å². The van der Waals surface area contributed by atoms with Crippen LogP contribution in [0.1, 0.15) is 27.0 Å². The van der Waals surface area contributed by atoms with Gasteiger partial charge in [-0.1, -0.05) is 35.9 Å². The minimum absolute atomic E-state index is 0.132. The van der Waals surface area contributed by atoms with Crippen molar-refractivity contribution in [3.8, 4) is 11.5 Å². The number of nitrogens with one attached hydrogen (secondary N) is 1. The Balaban J connectivity index is 1.73. The predicted octanol–water partition coefficient (Wildman–Crippen LogP) is 5.67. The summed E-state index contributed by atoms with van der Waals surface area (Å²) in [7, 11) is 1.51. The molecule has 0 radical (unpaired) electrons. The van der Waals surface area contributed by atoms with Crippen LogP contribution in [-0.2, 0) is 6.61 Å². The minimum atomic E-state index is -0.557. The summed E-state index contributed by atoms with van der Waals surface area (Å²) in [5, 5.41) is 15.6. The van der Waals surface area contributed by atoms with Crippen LogP contribution < -0.4 is 14.9 Å². The van der Waals surface area contributed by atoms with E-state index in [1.165, 1.54) is 38.4 Å². The number of methoxy groups -OCH3 is 1. The molecule has 0 aromatic heterocycles. The maximum absolute atomic E-state index is 12.4. The van der Waals surface area contributed by atoms with Crippen molar-refractivity contribution in [1.82, 2.24) is 5.43 Å². The van der Waals surface area contributed by atoms with Gasteiger partial charge in [-0.25, -0.2) is 5.43 Å². The van der Waals surface area contributed by atoms with Gasteiger partial charge in [-0.15, -0.1) is 0 Å². The number of carbonyl (C=O) groups excluding carboxylic acids is 1. The van der Waals surface area contributed by atoms with Crippen molar-refractivity contribution in [3.63, 3.8) is 0 Å². The molecule has 0 aliphatic carbocycles. The number of carbonyl (C=O) groups is 1. The standard InChI is InChI=1S/C23H19BrClN3O5/c1-14-17(7-5-9-20(14)28(30)31)23(29)27-26-12-15-10-18(24)22(21(11-15)32-2)33-13-16-6-3-4-8-19(16)25/h3-12H,13H2,1-2H3,(H,27,29). The van der Waals surface area contributed by atoms with Crippen LogP contribution in [0.3, 0.4) is 0 Å². The van der Waals surface area contributed by atoms with Gasteiger partial charge in [-0.2, -0.15) is 5.10 Å². The second kappa shape index (κ2) is 10.9. The topological polar surface area (TPSA) is 103 Å². The monoisotopic (exact) mass is 531 g/mol. The number of ether oxygens (including phenoxy) is 2. The fourth-order valence-corrected chi connectivity index (χ4v) is 3.78. The summed E-state index contributed by atoms with van der Waals surface area (Å²) in [6.45, 7) is 1.76. The van der Waals surface area contributed by atoms with Crippen LogP contribution in [0.15, 0.2) is 64.2 Å². The maximum atomic E-state index is 12.4. The summed E-state index contributed by atoms with van der Waals surface area (Å²) >= 11 is 9.65. The molecule has 1 N–H and O–H groups in total. The smallest absolute Gasteiger partial charge is 0.273 e. The Morgan fingerprint density at radius 1 is 1.24 bits per heavy atom. The summed E-state index contributed by atoms with van der Waals surface area (Å²) in [6.07, 6.45) is 1.43. The number of hydrogen-bond acceptors (Lipinski definition) is 6. The molecule has 0 heterocycles. The minimum Gasteiger partial charge on any atom is -0.493 e. The predicted molar refractivity (Wildman–Crippen MR) is 129 cm³/mol. The Bertz CT molecular complexity index is 1230. The van der Waals surface area contributed by atoms with Crippen LogP contribution in [0.4, 0.5) is 5.69 Å². The summed E-state index contributed by atoms with van der Waals surface area (Å²) in [6, 6.07) is 15.1. The lowest BCUT2D eigenvalue weighted by Gasteiger charge is -2.14. The lowest BCUT2D eigenvalue weighted by molar-refractivity contribution is -0.385. The van der Waals surface area contributed by atoms with E-state index in [1.54, 1.807) is 18.2 Å². The van der Waals surface area contributed by atoms with Gasteiger partial charge in [0.15, 0.2) is 11.5 Å². The molecule has 0 spiro atoms. The molecule has 0 fully saturated rings. The zero-order valence-corrected chi connectivity index (χ0v) is 20.0. The SMILES string of the molecule is COc1cc(C=NNC(=O)c2cccc([N+](=O)[O-])c2C)cc(Br)c1OCc1ccccc1Cl. The number of benzene rings is 3. The molecule has 3 rings (SSSR count). The second-order valence-electron chi connectivity index (χ2n) is 6.82. The van der Waals surface area contributed by atoms with Crippen LogP contribution >= 0.6 is 27.5 Å². The molecule has 10 heteroatoms. The average Bonchev–Trinajstić information content (AvgIpc) is 2.78. The van der Waals surface area contributed by atoms with Gasteiger partial charge in [-0.3, -0.25) is 14.9 Å². The number of hydrogen-bond donors (Lipinski definition) is 1. The Kier molecular flexibility index (Phi) is 8.02. The van der Waals surface area contributed by atoms with Gasteiger partial charge in [-0.05, 0) is 52.7 Å². The van der Waals surface area contributed by atoms with Gasteiger partial charge in [0.2, 0.25) is 0 Å². The highest BCUT2D eigenvalue weighted by molar-refractivity contribution is 9.10. The van der Waals surface area contributed by atoms with Gasteiger partial charge in [0, 0.05) is 22.2 Å². The van der Waals surface area contributed by atoms with Crippen LogP contribution in [-0.4, -0.2) is 24.2 Å². The molecule has 3 aromatic rings. The van der Waals surface area contributed by atoms with Crippen molar-refractivity contribution < 1.29 is 19.2 Å². The number of nitrogens with zero attached hydrogens (tertiary/aromatic N) is 2. The van der Waals surface area contributed by atoms with E-state index in [2.05, 4.69) is 26.5 Å². The molecule has 0 saturated heterocycles. The number of nitro groups is 1. The van der Waals surface area contributed by atoms with E-state index in [0.29, 0.717) is 26.6 Å². The molecular weight excluding hydrogens is 514 g/mol. The van der Waals surface area contributed by atoms with Crippen molar-refractivity contribution in [2.45, 2.75) is 13.5 Å². The lowest BCUT2D eigenvalue weighted by atomic mass is 10.1. The fourth-order valence-electron chi connectivity index (χ4n) is 3.01. The number of rotatable bonds is 8. The highest BCUT2D eigenvalue weighted by Crippen LogP contribution is 2.37. The van der Waals surface area contributed by atoms with Crippen LogP contribution in [0.2, 0.25) is 5.02 Å². The largest absolute Gasteiger partial charge is 0.493 e. The zero-order valence-electron chi connectivity index (χ0n) is 17.7. The number of hydrazone groups is 1. The average molecular weight is 533 g/mol. The summed E-state index contributed by atoms with van der Waals surface area (Å²) in [5.41, 5.74) is 4.14. The number of amides is 1. The zero-order chi connectivity index (χ0) is 24.0. The Morgan fingerprint density at radius 3 is 2.70 bits per heavy atom. The third-order valence-electron chi connectivity index (χ3n) is 4.71. The van der Waals surface area contributed by atoms with E-state index >= 15 is 0 Å². The molecule has 33 heavy (non-hydrogen) atoms. The van der Waals surface area contributed by atoms with Crippen LogP contribution in [0, 0.1) is 17.0 Å². The second-order valence-corrected chi connectivity index (χ2v) is 8.08. The highest BCUT2D eigenvalue weighted by Gasteiger charge is 2.17. The van der Waals surface area contributed by atoms with Crippen molar-refractivity contribution in [3.05, 3.63) is 96.5 Å². The molecule has 8 nitrogen and oxygen atoms in total. The molecule has 3 aromatic carbocycles. The van der Waals surface area contributed by atoms with E-state index < -0.39 is 10.8 Å². The van der Waals surface area contributed by atoms with E-state index in [-0.39, 0.29) is 23.4 Å². The van der Waals surface area contributed by atoms with Crippen LogP contribution in [0.25, 0.3) is 0 Å². The Hall–Kier alpha value is -3.43. The molecule has 0 aliphatic heterocycles. The first-order valence-electron chi connectivity index (χ1n) is 9.63. The lowest BCUT2D eigenvalue weighted by Crippen LogP contribution is -2.19. The summed E-state index contributed by atoms with van der Waals surface area (Å²) in [5.74, 6) is 0.391. The number of nitro benzene ring substituents is 1. The van der Waals surface area contributed by atoms with Gasteiger partial charge in [0.1, 0.15) is 6.61 Å². The molecule has 0 atom stereocenters. The highest BCUT2D eigenvalue weighted by atomic mass is 79.9. The summed E-state index contributed by atoms with van der Waals surface area (Å²) in [4.78, 5) is 22.9. The van der Waals surface area contributed by atoms with Gasteiger partial charge >= 0.3 is 0 Å². The van der Waals surface area contributed by atoms with Crippen molar-refractivity contribution in [1.29, 1.82) is 0 Å². The molecule has 0 aliphatic rings. The molecule has 170 valence electrons.